The Morgan fingerprint density at radius 3 is 2.40 bits per heavy atom. The minimum atomic E-state index is -2.58. The van der Waals surface area contributed by atoms with Gasteiger partial charge in [0.15, 0.2) is 5.60 Å². The van der Waals surface area contributed by atoms with Crippen LogP contribution in [-0.4, -0.2) is 73.8 Å². The molecule has 0 bridgehead atoms. The molecule has 9 rings (SSSR count). The number of aliphatic hydroxyl groups excluding tert-OH is 1. The van der Waals surface area contributed by atoms with Crippen LogP contribution in [0.15, 0.2) is 121 Å². The van der Waals surface area contributed by atoms with Crippen molar-refractivity contribution >= 4 is 53.3 Å². The molecule has 3 amide bonds. The highest BCUT2D eigenvalue weighted by atomic mass is 28.3. The number of ether oxygens (including phenoxy) is 3. The number of hydrogen-bond donors (Lipinski definition) is 3. The van der Waals surface area contributed by atoms with E-state index < -0.39 is 19.8 Å². The van der Waals surface area contributed by atoms with E-state index in [1.54, 1.807) is 24.0 Å². The van der Waals surface area contributed by atoms with Crippen molar-refractivity contribution in [3.63, 3.8) is 0 Å². The SMILES string of the molecule is COc1ccc([Si](C)(C)[C@@H]2[C@@H](CC(=O)N3Cc4ccccc4C[C@H]3CO)O[C@]3(C(=O)N(Cc4cccc(NC(=O)Cc5c[nH]c6ccccc56)c4)c4ccc(OC)cc43)[C@H]2C)cc1. The Hall–Kier alpha value is -6.21. The van der Waals surface area contributed by atoms with Gasteiger partial charge >= 0.3 is 0 Å². The maximum Gasteiger partial charge on any atom is 0.264 e. The number of aliphatic hydroxyl groups is 1. The van der Waals surface area contributed by atoms with Gasteiger partial charge in [0.2, 0.25) is 11.8 Å². The van der Waals surface area contributed by atoms with Crippen LogP contribution in [0.2, 0.25) is 18.6 Å². The second kappa shape index (κ2) is 16.8. The van der Waals surface area contributed by atoms with Gasteiger partial charge in [0.05, 0.1) is 66.1 Å². The number of nitrogens with zero attached hydrogens (tertiary/aromatic N) is 2. The fourth-order valence-corrected chi connectivity index (χ4v) is 14.7. The second-order valence-corrected chi connectivity index (χ2v) is 22.4. The van der Waals surface area contributed by atoms with Crippen LogP contribution in [-0.2, 0) is 50.7 Å². The smallest absolute Gasteiger partial charge is 0.264 e. The van der Waals surface area contributed by atoms with E-state index in [0.29, 0.717) is 35.7 Å². The first-order chi connectivity index (χ1) is 30.4. The molecule has 4 heterocycles. The van der Waals surface area contributed by atoms with Crippen molar-refractivity contribution in [2.75, 3.05) is 31.0 Å². The standard InChI is InChI=1S/C51H54N4O7Si/c1-32-49(63(4,5)41-20-17-39(60-2)18-21-41)46(27-48(58)54-30-35-13-7-6-12-34(35)24-38(54)31-56)62-51(32)43-26-40(61-3)19-22-45(43)55(50(51)59)29-33-11-10-14-37(23-33)53-47(57)25-36-28-52-44-16-9-8-15-42(36)44/h6-23,26,28,32,38,46,49,52,56H,24-25,27,29-31H2,1-5H3,(H,53,57)/t32-,38-,46+,49-,51+/m0/s1. The molecule has 11 nitrogen and oxygen atoms in total. The molecule has 0 radical (unpaired) electrons. The average molecular weight is 863 g/mol. The monoisotopic (exact) mass is 862 g/mol. The van der Waals surface area contributed by atoms with Gasteiger partial charge in [-0.3, -0.25) is 14.4 Å². The lowest BCUT2D eigenvalue weighted by atomic mass is 9.82. The third kappa shape index (κ3) is 7.49. The number of hydrogen-bond acceptors (Lipinski definition) is 7. The number of H-pyrrole nitrogens is 1. The van der Waals surface area contributed by atoms with Gasteiger partial charge in [0.1, 0.15) is 11.5 Å². The lowest BCUT2D eigenvalue weighted by Crippen LogP contribution is -2.52. The minimum Gasteiger partial charge on any atom is -0.497 e. The van der Waals surface area contributed by atoms with Crippen molar-refractivity contribution in [1.82, 2.24) is 9.88 Å². The quantitative estimate of drug-likeness (QED) is 0.109. The molecule has 0 aliphatic carbocycles. The number of aromatic nitrogens is 1. The molecule has 1 spiro atoms. The van der Waals surface area contributed by atoms with E-state index in [-0.39, 0.29) is 61.2 Å². The predicted octanol–water partition coefficient (Wildman–Crippen LogP) is 7.47. The van der Waals surface area contributed by atoms with E-state index in [4.69, 9.17) is 14.2 Å². The highest BCUT2D eigenvalue weighted by molar-refractivity contribution is 6.91. The normalized spacial score (nSPS) is 21.7. The van der Waals surface area contributed by atoms with Crippen molar-refractivity contribution < 1.29 is 33.7 Å². The third-order valence-corrected chi connectivity index (χ3v) is 18.2. The zero-order valence-electron chi connectivity index (χ0n) is 36.4. The molecular formula is C51H54N4O7Si. The van der Waals surface area contributed by atoms with Crippen molar-refractivity contribution in [2.24, 2.45) is 5.92 Å². The summed E-state index contributed by atoms with van der Waals surface area (Å²) in [7, 11) is 0.682. The predicted molar refractivity (Wildman–Crippen MR) is 247 cm³/mol. The highest BCUT2D eigenvalue weighted by Crippen LogP contribution is 2.60. The summed E-state index contributed by atoms with van der Waals surface area (Å²) >= 11 is 0. The zero-order valence-corrected chi connectivity index (χ0v) is 37.4. The first kappa shape index (κ1) is 42.1. The minimum absolute atomic E-state index is 0.0505. The summed E-state index contributed by atoms with van der Waals surface area (Å²) in [6, 6.07) is 37.1. The van der Waals surface area contributed by atoms with Crippen LogP contribution in [0, 0.1) is 5.92 Å². The Labute approximate surface area is 369 Å². The Kier molecular flexibility index (Phi) is 11.2. The van der Waals surface area contributed by atoms with E-state index >= 15 is 4.79 Å². The number of rotatable bonds is 12. The third-order valence-electron chi connectivity index (χ3n) is 13.9. The summed E-state index contributed by atoms with van der Waals surface area (Å²) < 4.78 is 18.6. The molecule has 6 aromatic rings. The molecule has 3 aliphatic rings. The van der Waals surface area contributed by atoms with Gasteiger partial charge in [-0.25, -0.2) is 0 Å². The Morgan fingerprint density at radius 2 is 1.63 bits per heavy atom. The molecule has 3 aliphatic heterocycles. The van der Waals surface area contributed by atoms with E-state index in [9.17, 15) is 14.7 Å². The summed E-state index contributed by atoms with van der Waals surface area (Å²) in [5.74, 6) is 0.537. The molecule has 324 valence electrons. The summed E-state index contributed by atoms with van der Waals surface area (Å²) in [6.07, 6.45) is 2.08. The van der Waals surface area contributed by atoms with Crippen molar-refractivity contribution in [3.8, 4) is 11.5 Å². The molecular weight excluding hydrogens is 809 g/mol. The van der Waals surface area contributed by atoms with Crippen LogP contribution in [0.25, 0.3) is 10.9 Å². The molecule has 0 unspecified atom stereocenters. The van der Waals surface area contributed by atoms with Gasteiger partial charge in [-0.1, -0.05) is 91.9 Å². The van der Waals surface area contributed by atoms with Gasteiger partial charge in [-0.2, -0.15) is 0 Å². The molecule has 12 heteroatoms. The van der Waals surface area contributed by atoms with E-state index in [0.717, 1.165) is 44.1 Å². The molecule has 5 aromatic carbocycles. The maximum atomic E-state index is 15.6. The number of amides is 3. The summed E-state index contributed by atoms with van der Waals surface area (Å²) in [6.45, 7) is 7.16. The van der Waals surface area contributed by atoms with Gasteiger partial charge in [0.25, 0.3) is 5.91 Å². The molecule has 1 fully saturated rings. The average Bonchev–Trinajstić information content (AvgIpc) is 3.91. The number of anilines is 2. The van der Waals surface area contributed by atoms with Gasteiger partial charge in [0, 0.05) is 40.8 Å². The molecule has 3 N–H and O–H groups in total. The van der Waals surface area contributed by atoms with Gasteiger partial charge < -0.3 is 39.4 Å². The zero-order chi connectivity index (χ0) is 44.0. The molecule has 0 saturated carbocycles. The number of carbonyl (C=O) groups excluding carboxylic acids is 3. The Morgan fingerprint density at radius 1 is 0.905 bits per heavy atom. The van der Waals surface area contributed by atoms with Crippen molar-refractivity contribution in [1.29, 1.82) is 0 Å². The number of para-hydroxylation sites is 1. The van der Waals surface area contributed by atoms with Gasteiger partial charge in [-0.05, 0) is 82.7 Å². The van der Waals surface area contributed by atoms with E-state index in [1.807, 2.05) is 103 Å². The first-order valence-electron chi connectivity index (χ1n) is 21.7. The fraction of sp³-hybridized carbons (Fsp3) is 0.314. The number of carbonyl (C=O) groups is 3. The number of benzene rings is 5. The highest BCUT2D eigenvalue weighted by Gasteiger charge is 2.66. The Balaban J connectivity index is 1.05. The van der Waals surface area contributed by atoms with E-state index in [1.165, 1.54) is 0 Å². The first-order valence-corrected chi connectivity index (χ1v) is 24.8. The lowest BCUT2D eigenvalue weighted by Gasteiger charge is -2.39. The molecule has 1 saturated heterocycles. The maximum absolute atomic E-state index is 15.6. The van der Waals surface area contributed by atoms with Crippen LogP contribution in [0.5, 0.6) is 11.5 Å². The van der Waals surface area contributed by atoms with Crippen LogP contribution in [0.3, 0.4) is 0 Å². The summed E-state index contributed by atoms with van der Waals surface area (Å²) in [5, 5.41) is 15.8. The van der Waals surface area contributed by atoms with Crippen molar-refractivity contribution in [2.45, 2.75) is 75.7 Å². The second-order valence-electron chi connectivity index (χ2n) is 17.8. The van der Waals surface area contributed by atoms with Crippen LogP contribution >= 0.6 is 0 Å². The van der Waals surface area contributed by atoms with Crippen LogP contribution in [0.1, 0.15) is 41.2 Å². The number of fused-ring (bicyclic) bond motifs is 4. The van der Waals surface area contributed by atoms with E-state index in [2.05, 4.69) is 48.5 Å². The molecule has 63 heavy (non-hydrogen) atoms. The molecule has 5 atom stereocenters. The number of methoxy groups -OCH3 is 2. The molecule has 1 aromatic heterocycles. The lowest BCUT2D eigenvalue weighted by molar-refractivity contribution is -0.151. The van der Waals surface area contributed by atoms with Crippen LogP contribution in [0.4, 0.5) is 11.4 Å². The topological polar surface area (TPSA) is 133 Å². The van der Waals surface area contributed by atoms with Gasteiger partial charge in [-0.15, -0.1) is 0 Å². The van der Waals surface area contributed by atoms with Crippen molar-refractivity contribution in [3.05, 3.63) is 149 Å². The Bertz CT molecular complexity index is 2700. The number of nitrogens with one attached hydrogen (secondary N) is 2. The number of aromatic amines is 1. The summed E-state index contributed by atoms with van der Waals surface area (Å²) in [4.78, 5) is 50.4. The van der Waals surface area contributed by atoms with Crippen LogP contribution < -0.4 is 24.9 Å². The largest absolute Gasteiger partial charge is 0.497 e. The fourth-order valence-electron chi connectivity index (χ4n) is 10.7. The summed E-state index contributed by atoms with van der Waals surface area (Å²) in [5.41, 5.74) is 5.37.